The average Bonchev–Trinajstić information content (AvgIpc) is 3.71. The third kappa shape index (κ3) is 5.29. The summed E-state index contributed by atoms with van der Waals surface area (Å²) in [6.45, 7) is 2.45. The van der Waals surface area contributed by atoms with Crippen molar-refractivity contribution < 1.29 is 28.5 Å². The van der Waals surface area contributed by atoms with E-state index in [0.29, 0.717) is 26.1 Å². The van der Waals surface area contributed by atoms with E-state index in [-0.39, 0.29) is 30.3 Å². The van der Waals surface area contributed by atoms with Crippen LogP contribution in [0.2, 0.25) is 0 Å². The van der Waals surface area contributed by atoms with E-state index in [1.54, 1.807) is 0 Å². The molecule has 0 aliphatic carbocycles. The minimum absolute atomic E-state index is 0.0414. The Morgan fingerprint density at radius 3 is 1.91 bits per heavy atom. The van der Waals surface area contributed by atoms with Crippen molar-refractivity contribution in [2.75, 3.05) is 26.4 Å². The van der Waals surface area contributed by atoms with E-state index in [0.717, 1.165) is 35.8 Å². The zero-order chi connectivity index (χ0) is 21.9. The van der Waals surface area contributed by atoms with Crippen LogP contribution in [0.5, 0.6) is 11.5 Å². The molecule has 3 saturated heterocycles. The lowest BCUT2D eigenvalue weighted by Crippen LogP contribution is -2.51. The van der Waals surface area contributed by atoms with Gasteiger partial charge < -0.3 is 24.3 Å². The van der Waals surface area contributed by atoms with E-state index in [1.807, 2.05) is 48.5 Å². The molecular formula is C25H27NO6. The zero-order valence-corrected chi connectivity index (χ0v) is 17.8. The Kier molecular flexibility index (Phi) is 6.10. The van der Waals surface area contributed by atoms with Crippen molar-refractivity contribution in [3.05, 3.63) is 59.7 Å². The third-order valence-corrected chi connectivity index (χ3v) is 6.01. The quantitative estimate of drug-likeness (QED) is 0.573. The molecule has 3 heterocycles. The van der Waals surface area contributed by atoms with Gasteiger partial charge in [-0.05, 0) is 29.7 Å². The number of hydrogen-bond acceptors (Lipinski definition) is 6. The fourth-order valence-electron chi connectivity index (χ4n) is 3.98. The Morgan fingerprint density at radius 1 is 0.812 bits per heavy atom. The smallest absolute Gasteiger partial charge is 0.224 e. The number of carbonyl (C=O) groups excluding carboxylic acids is 2. The Bertz CT molecular complexity index is 904. The number of rotatable bonds is 10. The molecule has 168 valence electrons. The first-order valence-electron chi connectivity index (χ1n) is 11.1. The molecule has 4 atom stereocenters. The normalized spacial score (nSPS) is 26.4. The van der Waals surface area contributed by atoms with Crippen molar-refractivity contribution in [1.29, 1.82) is 0 Å². The number of hydrogen-bond donors (Lipinski definition) is 1. The molecule has 7 heteroatoms. The predicted octanol–water partition coefficient (Wildman–Crippen LogP) is 2.10. The largest absolute Gasteiger partial charge is 0.491 e. The third-order valence-electron chi connectivity index (χ3n) is 6.01. The summed E-state index contributed by atoms with van der Waals surface area (Å²) in [5.41, 5.74) is 1.84. The molecule has 2 aromatic carbocycles. The Balaban J connectivity index is 1.21. The Morgan fingerprint density at radius 2 is 1.34 bits per heavy atom. The lowest BCUT2D eigenvalue weighted by Gasteiger charge is -2.29. The number of benzene rings is 2. The molecule has 0 spiro atoms. The van der Waals surface area contributed by atoms with Crippen LogP contribution in [0, 0.1) is 5.92 Å². The first-order valence-corrected chi connectivity index (χ1v) is 11.1. The predicted molar refractivity (Wildman–Crippen MR) is 116 cm³/mol. The lowest BCUT2D eigenvalue weighted by molar-refractivity contribution is -0.136. The maximum Gasteiger partial charge on any atom is 0.224 e. The van der Waals surface area contributed by atoms with Crippen LogP contribution in [0.4, 0.5) is 0 Å². The molecule has 2 unspecified atom stereocenters. The summed E-state index contributed by atoms with van der Waals surface area (Å²) in [6.07, 6.45) is 1.42. The SMILES string of the molecule is O=C1N[C@H](Cc2ccccc2OCC2CO2)C(=O)C[C@H]1Cc1ccccc1OCC1CO1. The van der Waals surface area contributed by atoms with Gasteiger partial charge in [0.25, 0.3) is 0 Å². The van der Waals surface area contributed by atoms with E-state index in [1.165, 1.54) is 0 Å². The van der Waals surface area contributed by atoms with Gasteiger partial charge in [-0.25, -0.2) is 0 Å². The van der Waals surface area contributed by atoms with Crippen molar-refractivity contribution in [2.24, 2.45) is 5.92 Å². The van der Waals surface area contributed by atoms with Gasteiger partial charge in [0, 0.05) is 18.8 Å². The number of nitrogens with one attached hydrogen (secondary N) is 1. The van der Waals surface area contributed by atoms with Crippen LogP contribution in [0.25, 0.3) is 0 Å². The van der Waals surface area contributed by atoms with Crippen molar-refractivity contribution in [2.45, 2.75) is 37.5 Å². The highest BCUT2D eigenvalue weighted by molar-refractivity contribution is 5.97. The van der Waals surface area contributed by atoms with E-state index in [4.69, 9.17) is 18.9 Å². The first kappa shape index (κ1) is 21.0. The second-order valence-electron chi connectivity index (χ2n) is 8.58. The van der Waals surface area contributed by atoms with Gasteiger partial charge in [0.2, 0.25) is 5.91 Å². The van der Waals surface area contributed by atoms with E-state index in [9.17, 15) is 9.59 Å². The summed E-state index contributed by atoms with van der Waals surface area (Å²) in [5, 5.41) is 2.94. The van der Waals surface area contributed by atoms with Gasteiger partial charge in [-0.3, -0.25) is 9.59 Å². The lowest BCUT2D eigenvalue weighted by atomic mass is 9.85. The average molecular weight is 437 g/mol. The maximum atomic E-state index is 12.9. The van der Waals surface area contributed by atoms with E-state index >= 15 is 0 Å². The van der Waals surface area contributed by atoms with Gasteiger partial charge in [-0.1, -0.05) is 36.4 Å². The molecule has 2 aromatic rings. The van der Waals surface area contributed by atoms with Crippen molar-refractivity contribution in [3.8, 4) is 11.5 Å². The van der Waals surface area contributed by atoms with Crippen LogP contribution < -0.4 is 14.8 Å². The van der Waals surface area contributed by atoms with Crippen LogP contribution in [0.1, 0.15) is 17.5 Å². The molecule has 3 aliphatic rings. The molecule has 0 saturated carbocycles. The molecule has 0 bridgehead atoms. The van der Waals surface area contributed by atoms with Crippen LogP contribution in [0.3, 0.4) is 0 Å². The number of amides is 1. The zero-order valence-electron chi connectivity index (χ0n) is 17.8. The number of Topliss-reactive ketones (excluding diaryl/α,β-unsaturated/α-hetero) is 1. The highest BCUT2D eigenvalue weighted by Crippen LogP contribution is 2.28. The van der Waals surface area contributed by atoms with Gasteiger partial charge in [0.05, 0.1) is 19.3 Å². The van der Waals surface area contributed by atoms with Gasteiger partial charge in [0.15, 0.2) is 5.78 Å². The molecule has 7 nitrogen and oxygen atoms in total. The van der Waals surface area contributed by atoms with Crippen molar-refractivity contribution >= 4 is 11.7 Å². The second kappa shape index (κ2) is 9.30. The summed E-state index contributed by atoms with van der Waals surface area (Å²) in [7, 11) is 0. The number of piperidine rings is 1. The molecule has 0 aromatic heterocycles. The molecule has 0 radical (unpaired) electrons. The Hall–Kier alpha value is -2.90. The number of ketones is 1. The van der Waals surface area contributed by atoms with E-state index < -0.39 is 12.0 Å². The standard InChI is InChI=1S/C25H27NO6/c27-22-11-18(9-16-5-1-3-7-23(16)31-14-19-12-29-19)25(28)26-21(22)10-17-6-2-4-8-24(17)32-15-20-13-30-20/h1-8,18-21H,9-15H2,(H,26,28)/t18-,19?,20?,21-/m1/s1. The Labute approximate surface area is 187 Å². The summed E-state index contributed by atoms with van der Waals surface area (Å²) in [6, 6.07) is 14.8. The van der Waals surface area contributed by atoms with Crippen molar-refractivity contribution in [1.82, 2.24) is 5.32 Å². The molecule has 1 amide bonds. The van der Waals surface area contributed by atoms with E-state index in [2.05, 4.69) is 5.32 Å². The molecule has 1 N–H and O–H groups in total. The molecule has 3 fully saturated rings. The summed E-state index contributed by atoms with van der Waals surface area (Å²) < 4.78 is 22.1. The number of epoxide rings is 2. The highest BCUT2D eigenvalue weighted by Gasteiger charge is 2.35. The molecule has 5 rings (SSSR count). The van der Waals surface area contributed by atoms with Crippen LogP contribution in [0.15, 0.2) is 48.5 Å². The van der Waals surface area contributed by atoms with Crippen LogP contribution in [-0.4, -0.2) is 56.4 Å². The maximum absolute atomic E-state index is 12.9. The monoisotopic (exact) mass is 437 g/mol. The number of para-hydroxylation sites is 2. The van der Waals surface area contributed by atoms with Crippen molar-refractivity contribution in [3.63, 3.8) is 0 Å². The fourth-order valence-corrected chi connectivity index (χ4v) is 3.98. The highest BCUT2D eigenvalue weighted by atomic mass is 16.6. The summed E-state index contributed by atoms with van der Waals surface area (Å²) in [5.74, 6) is 1.02. The number of carbonyl (C=O) groups is 2. The molecular weight excluding hydrogens is 410 g/mol. The minimum atomic E-state index is -0.542. The minimum Gasteiger partial charge on any atom is -0.491 e. The van der Waals surface area contributed by atoms with Crippen LogP contribution in [-0.2, 0) is 31.9 Å². The van der Waals surface area contributed by atoms with Gasteiger partial charge in [-0.2, -0.15) is 0 Å². The summed E-state index contributed by atoms with van der Waals surface area (Å²) >= 11 is 0. The van der Waals surface area contributed by atoms with Gasteiger partial charge in [0.1, 0.15) is 36.9 Å². The second-order valence-corrected chi connectivity index (χ2v) is 8.58. The van der Waals surface area contributed by atoms with Gasteiger partial charge >= 0.3 is 0 Å². The van der Waals surface area contributed by atoms with Gasteiger partial charge in [-0.15, -0.1) is 0 Å². The molecule has 32 heavy (non-hydrogen) atoms. The van der Waals surface area contributed by atoms with Crippen LogP contribution >= 0.6 is 0 Å². The number of ether oxygens (including phenoxy) is 4. The topological polar surface area (TPSA) is 89.7 Å². The molecule has 3 aliphatic heterocycles. The summed E-state index contributed by atoms with van der Waals surface area (Å²) in [4.78, 5) is 25.8. The fraction of sp³-hybridized carbons (Fsp3) is 0.440. The first-order chi connectivity index (χ1) is 15.7.